The summed E-state index contributed by atoms with van der Waals surface area (Å²) in [6, 6.07) is 0. The van der Waals surface area contributed by atoms with Crippen LogP contribution in [0, 0.1) is 0 Å². The molecule has 0 aliphatic heterocycles. The molecule has 0 saturated heterocycles. The molecule has 0 bridgehead atoms. The van der Waals surface area contributed by atoms with E-state index in [1.54, 1.807) is 0 Å². The first-order valence-corrected chi connectivity index (χ1v) is 5.89. The quantitative estimate of drug-likeness (QED) is 0.427. The maximum Gasteiger partial charge on any atom is 0.319 e. The minimum Gasteiger partial charge on any atom is -0.481 e. The summed E-state index contributed by atoms with van der Waals surface area (Å²) in [4.78, 5) is 29.9. The largest absolute Gasteiger partial charge is 0.481 e. The van der Waals surface area contributed by atoms with Crippen molar-refractivity contribution in [2.45, 2.75) is 24.2 Å². The molecule has 0 spiro atoms. The van der Waals surface area contributed by atoms with Crippen molar-refractivity contribution in [2.24, 2.45) is 0 Å². The fourth-order valence-electron chi connectivity index (χ4n) is 0.829. The highest BCUT2D eigenvalue weighted by molar-refractivity contribution is 7.81. The first-order chi connectivity index (χ1) is 8.26. The van der Waals surface area contributed by atoms with Crippen molar-refractivity contribution in [1.82, 2.24) is 0 Å². The molecule has 0 aromatic rings. The molecule has 0 rings (SSSR count). The number of thiol groups is 2. The molecular weight excluding hydrogens is 284 g/mol. The zero-order chi connectivity index (χ0) is 14.7. The Labute approximate surface area is 115 Å². The van der Waals surface area contributed by atoms with Crippen molar-refractivity contribution in [3.8, 4) is 0 Å². The van der Waals surface area contributed by atoms with Gasteiger partial charge < -0.3 is 20.1 Å². The van der Waals surface area contributed by atoms with Crippen molar-refractivity contribution in [3.05, 3.63) is 0 Å². The molecule has 0 radical (unpaired) electrons. The van der Waals surface area contributed by atoms with E-state index in [4.69, 9.17) is 20.1 Å². The Morgan fingerprint density at radius 2 is 1.61 bits per heavy atom. The lowest BCUT2D eigenvalue weighted by Crippen LogP contribution is -2.31. The lowest BCUT2D eigenvalue weighted by molar-refractivity contribution is -0.141. The summed E-state index contributed by atoms with van der Waals surface area (Å²) in [5, 5.41) is 23.6. The maximum atomic E-state index is 10.4. The predicted molar refractivity (Wildman–Crippen MR) is 69.6 cm³/mol. The predicted octanol–water partition coefficient (Wildman–Crippen LogP) is 0.250. The SMILES string of the molecule is COC(CCC(=O)O)C(S)C(=O)O.O=C(O)CS. The van der Waals surface area contributed by atoms with Crippen LogP contribution in [-0.2, 0) is 19.1 Å². The molecule has 106 valence electrons. The van der Waals surface area contributed by atoms with Crippen molar-refractivity contribution in [2.75, 3.05) is 12.9 Å². The van der Waals surface area contributed by atoms with Gasteiger partial charge in [0, 0.05) is 13.5 Å². The molecule has 0 aliphatic carbocycles. The van der Waals surface area contributed by atoms with Crippen molar-refractivity contribution in [1.29, 1.82) is 0 Å². The minimum absolute atomic E-state index is 0.0833. The molecule has 0 amide bonds. The number of methoxy groups -OCH3 is 1. The third-order valence-electron chi connectivity index (χ3n) is 1.69. The van der Waals surface area contributed by atoms with Crippen molar-refractivity contribution < 1.29 is 34.4 Å². The summed E-state index contributed by atoms with van der Waals surface area (Å²) in [6.45, 7) is 0. The van der Waals surface area contributed by atoms with Gasteiger partial charge in [0.1, 0.15) is 5.25 Å². The smallest absolute Gasteiger partial charge is 0.319 e. The molecule has 7 nitrogen and oxygen atoms in total. The van der Waals surface area contributed by atoms with Gasteiger partial charge in [-0.2, -0.15) is 25.3 Å². The number of hydrogen-bond donors (Lipinski definition) is 5. The van der Waals surface area contributed by atoms with Crippen LogP contribution in [0.3, 0.4) is 0 Å². The average Bonchev–Trinajstić information content (AvgIpc) is 2.29. The van der Waals surface area contributed by atoms with E-state index < -0.39 is 29.3 Å². The molecule has 2 unspecified atom stereocenters. The second kappa shape index (κ2) is 11.2. The van der Waals surface area contributed by atoms with E-state index >= 15 is 0 Å². The number of hydrogen-bond acceptors (Lipinski definition) is 6. The van der Waals surface area contributed by atoms with E-state index in [-0.39, 0.29) is 18.6 Å². The molecule has 2 atom stereocenters. The van der Waals surface area contributed by atoms with E-state index in [9.17, 15) is 14.4 Å². The summed E-state index contributed by atoms with van der Waals surface area (Å²) in [6.07, 6.45) is -0.647. The van der Waals surface area contributed by atoms with Gasteiger partial charge in [0.15, 0.2) is 0 Å². The number of carboxylic acids is 3. The normalized spacial score (nSPS) is 12.8. The Hall–Kier alpha value is -0.930. The van der Waals surface area contributed by atoms with E-state index in [1.165, 1.54) is 7.11 Å². The van der Waals surface area contributed by atoms with E-state index in [1.807, 2.05) is 0 Å². The van der Waals surface area contributed by atoms with Gasteiger partial charge in [0.2, 0.25) is 0 Å². The highest BCUT2D eigenvalue weighted by atomic mass is 32.1. The van der Waals surface area contributed by atoms with E-state index in [2.05, 4.69) is 25.3 Å². The average molecular weight is 300 g/mol. The minimum atomic E-state index is -1.11. The Bertz CT molecular complexity index is 282. The maximum absolute atomic E-state index is 10.4. The molecule has 0 aromatic heterocycles. The van der Waals surface area contributed by atoms with Gasteiger partial charge in [0.25, 0.3) is 0 Å². The second-order valence-corrected chi connectivity index (χ2v) is 3.91. The first-order valence-electron chi connectivity index (χ1n) is 4.74. The molecule has 0 heterocycles. The monoisotopic (exact) mass is 300 g/mol. The number of rotatable bonds is 7. The van der Waals surface area contributed by atoms with Crippen molar-refractivity contribution >= 4 is 43.2 Å². The summed E-state index contributed by atoms with van der Waals surface area (Å²) >= 11 is 7.20. The van der Waals surface area contributed by atoms with E-state index in [0.29, 0.717) is 0 Å². The summed E-state index contributed by atoms with van der Waals surface area (Å²) < 4.78 is 4.80. The number of carboxylic acid groups (broad SMARTS) is 3. The Balaban J connectivity index is 0. The van der Waals surface area contributed by atoms with Crippen LogP contribution in [0.15, 0.2) is 0 Å². The fraction of sp³-hybridized carbons (Fsp3) is 0.667. The molecule has 0 aliphatic rings. The third kappa shape index (κ3) is 11.6. The van der Waals surface area contributed by atoms with Gasteiger partial charge in [0.05, 0.1) is 11.9 Å². The van der Waals surface area contributed by atoms with Gasteiger partial charge in [-0.15, -0.1) is 0 Å². The topological polar surface area (TPSA) is 121 Å². The van der Waals surface area contributed by atoms with Gasteiger partial charge in [-0.25, -0.2) is 0 Å². The zero-order valence-corrected chi connectivity index (χ0v) is 11.4. The van der Waals surface area contributed by atoms with Crippen LogP contribution < -0.4 is 0 Å². The van der Waals surface area contributed by atoms with Crippen LogP contribution in [0.1, 0.15) is 12.8 Å². The standard InChI is InChI=1S/C7H12O5S.C2H4O2S/c1-12-4(2-3-5(8)9)6(13)7(10)11;3-2(4)1-5/h4,6,13H,2-3H2,1H3,(H,8,9)(H,10,11);5H,1H2,(H,3,4). The van der Waals surface area contributed by atoms with Gasteiger partial charge in [-0.05, 0) is 6.42 Å². The third-order valence-corrected chi connectivity index (χ3v) is 2.51. The molecule has 9 heteroatoms. The first kappa shape index (κ1) is 19.4. The van der Waals surface area contributed by atoms with Gasteiger partial charge in [-0.3, -0.25) is 14.4 Å². The number of carbonyl (C=O) groups is 3. The van der Waals surface area contributed by atoms with Gasteiger partial charge in [-0.1, -0.05) is 0 Å². The van der Waals surface area contributed by atoms with Crippen LogP contribution in [0.5, 0.6) is 0 Å². The molecule has 0 aromatic carbocycles. The molecule has 0 saturated carbocycles. The van der Waals surface area contributed by atoms with Crippen LogP contribution in [-0.4, -0.2) is 57.4 Å². The van der Waals surface area contributed by atoms with Crippen LogP contribution in [0.4, 0.5) is 0 Å². The fourth-order valence-corrected chi connectivity index (χ4v) is 1.10. The Kier molecular flexibility index (Phi) is 12.1. The number of aliphatic carboxylic acids is 3. The van der Waals surface area contributed by atoms with Crippen LogP contribution in [0.2, 0.25) is 0 Å². The molecular formula is C9H16O7S2. The highest BCUT2D eigenvalue weighted by Gasteiger charge is 2.24. The summed E-state index contributed by atoms with van der Waals surface area (Å²) in [5.41, 5.74) is 0. The summed E-state index contributed by atoms with van der Waals surface area (Å²) in [7, 11) is 1.33. The van der Waals surface area contributed by atoms with Crippen molar-refractivity contribution in [3.63, 3.8) is 0 Å². The Morgan fingerprint density at radius 1 is 1.17 bits per heavy atom. The van der Waals surface area contributed by atoms with Crippen LogP contribution >= 0.6 is 25.3 Å². The second-order valence-electron chi connectivity index (χ2n) is 3.04. The zero-order valence-electron chi connectivity index (χ0n) is 9.65. The highest BCUT2D eigenvalue weighted by Crippen LogP contribution is 2.12. The molecule has 0 fully saturated rings. The lowest BCUT2D eigenvalue weighted by Gasteiger charge is -2.17. The van der Waals surface area contributed by atoms with E-state index in [0.717, 1.165) is 0 Å². The lowest BCUT2D eigenvalue weighted by atomic mass is 10.1. The molecule has 3 N–H and O–H groups in total. The number of ether oxygens (including phenoxy) is 1. The summed E-state index contributed by atoms with van der Waals surface area (Å²) in [5.74, 6) is -3.05. The van der Waals surface area contributed by atoms with Gasteiger partial charge >= 0.3 is 17.9 Å². The molecule has 18 heavy (non-hydrogen) atoms. The van der Waals surface area contributed by atoms with Crippen LogP contribution in [0.25, 0.3) is 0 Å². The Morgan fingerprint density at radius 3 is 1.83 bits per heavy atom.